The third-order valence-corrected chi connectivity index (χ3v) is 7.71. The number of benzene rings is 3. The highest BCUT2D eigenvalue weighted by atomic mass is 15.3. The largest absolute Gasteiger partial charge is 0.311 e. The minimum Gasteiger partial charge on any atom is -0.311 e. The highest BCUT2D eigenvalue weighted by Gasteiger charge is 2.43. The van der Waals surface area contributed by atoms with E-state index < -0.39 is 0 Å². The average Bonchev–Trinajstić information content (AvgIpc) is 2.93. The van der Waals surface area contributed by atoms with Crippen LogP contribution in [-0.4, -0.2) is 30.6 Å². The molecule has 0 spiro atoms. The molecule has 2 nitrogen and oxygen atoms in total. The standard InChI is InChI=1S/C33H44N2/c1-2-3-4-5-6-7-8-18-25-32-28-35(27-26-34-32)33(29-19-12-9-13-20-29,30-21-14-10-15-22-30)31-23-16-11-17-24-31/h9-17,19-24,32,34H,2-8,18,25-28H2,1H3. The lowest BCUT2D eigenvalue weighted by Gasteiger charge is -2.49. The Morgan fingerprint density at radius 2 is 1.11 bits per heavy atom. The molecular formula is C33H44N2. The second-order valence-electron chi connectivity index (χ2n) is 10.2. The fourth-order valence-electron chi connectivity index (χ4n) is 5.93. The number of nitrogens with zero attached hydrogens (tertiary/aromatic N) is 1. The summed E-state index contributed by atoms with van der Waals surface area (Å²) in [5, 5.41) is 3.85. The summed E-state index contributed by atoms with van der Waals surface area (Å²) in [4.78, 5) is 2.75. The van der Waals surface area contributed by atoms with Gasteiger partial charge in [-0.3, -0.25) is 4.90 Å². The SMILES string of the molecule is CCCCCCCCCCC1CN(C(c2ccccc2)(c2ccccc2)c2ccccc2)CCN1. The Bertz CT molecular complexity index is 857. The molecule has 0 amide bonds. The van der Waals surface area contributed by atoms with Crippen molar-refractivity contribution in [1.29, 1.82) is 0 Å². The van der Waals surface area contributed by atoms with E-state index in [0.717, 1.165) is 19.6 Å². The van der Waals surface area contributed by atoms with Gasteiger partial charge in [0.15, 0.2) is 0 Å². The summed E-state index contributed by atoms with van der Waals surface area (Å²) in [6.07, 6.45) is 12.3. The summed E-state index contributed by atoms with van der Waals surface area (Å²) < 4.78 is 0. The van der Waals surface area contributed by atoms with Gasteiger partial charge >= 0.3 is 0 Å². The van der Waals surface area contributed by atoms with Crippen molar-refractivity contribution < 1.29 is 0 Å². The Labute approximate surface area is 213 Å². The van der Waals surface area contributed by atoms with Crippen LogP contribution in [0.4, 0.5) is 0 Å². The maximum atomic E-state index is 3.85. The normalized spacial score (nSPS) is 16.9. The highest BCUT2D eigenvalue weighted by Crippen LogP contribution is 2.43. The number of hydrogen-bond acceptors (Lipinski definition) is 2. The van der Waals surface area contributed by atoms with Gasteiger partial charge in [0.05, 0.1) is 5.54 Å². The number of piperazine rings is 1. The first-order valence-electron chi connectivity index (χ1n) is 14.0. The quantitative estimate of drug-likeness (QED) is 0.203. The first-order chi connectivity index (χ1) is 17.4. The first kappa shape index (κ1) is 25.7. The van der Waals surface area contributed by atoms with E-state index >= 15 is 0 Å². The Morgan fingerprint density at radius 3 is 1.60 bits per heavy atom. The lowest BCUT2D eigenvalue weighted by atomic mass is 9.75. The smallest absolute Gasteiger partial charge is 0.0973 e. The van der Waals surface area contributed by atoms with Gasteiger partial charge in [-0.05, 0) is 23.1 Å². The molecule has 0 saturated carbocycles. The average molecular weight is 469 g/mol. The lowest BCUT2D eigenvalue weighted by Crippen LogP contribution is -2.59. The van der Waals surface area contributed by atoms with Crippen molar-refractivity contribution in [3.63, 3.8) is 0 Å². The number of nitrogens with one attached hydrogen (secondary N) is 1. The highest BCUT2D eigenvalue weighted by molar-refractivity contribution is 5.49. The van der Waals surface area contributed by atoms with Gasteiger partial charge < -0.3 is 5.32 Å². The Morgan fingerprint density at radius 1 is 0.657 bits per heavy atom. The second kappa shape index (κ2) is 13.6. The van der Waals surface area contributed by atoms with Crippen LogP contribution < -0.4 is 5.32 Å². The molecule has 1 N–H and O–H groups in total. The van der Waals surface area contributed by atoms with E-state index in [4.69, 9.17) is 0 Å². The van der Waals surface area contributed by atoms with E-state index in [1.54, 1.807) is 0 Å². The number of hydrogen-bond donors (Lipinski definition) is 1. The molecule has 0 aliphatic carbocycles. The molecule has 0 radical (unpaired) electrons. The topological polar surface area (TPSA) is 15.3 Å². The summed E-state index contributed by atoms with van der Waals surface area (Å²) in [5.74, 6) is 0. The molecule has 3 aromatic rings. The zero-order chi connectivity index (χ0) is 24.2. The van der Waals surface area contributed by atoms with Crippen molar-refractivity contribution in [2.75, 3.05) is 19.6 Å². The van der Waals surface area contributed by atoms with Gasteiger partial charge in [-0.25, -0.2) is 0 Å². The van der Waals surface area contributed by atoms with Crippen molar-refractivity contribution in [2.24, 2.45) is 0 Å². The van der Waals surface area contributed by atoms with E-state index in [1.165, 1.54) is 74.5 Å². The Kier molecular flexibility index (Phi) is 9.98. The molecule has 0 aromatic heterocycles. The van der Waals surface area contributed by atoms with Crippen LogP contribution in [-0.2, 0) is 5.54 Å². The predicted octanol–water partition coefficient (Wildman–Crippen LogP) is 7.78. The van der Waals surface area contributed by atoms with Crippen LogP contribution in [0.1, 0.15) is 81.4 Å². The minimum atomic E-state index is -0.288. The van der Waals surface area contributed by atoms with Gasteiger partial charge in [-0.2, -0.15) is 0 Å². The molecular weight excluding hydrogens is 424 g/mol. The third kappa shape index (κ3) is 6.42. The van der Waals surface area contributed by atoms with Crippen molar-refractivity contribution in [2.45, 2.75) is 76.3 Å². The molecule has 1 aliphatic rings. The van der Waals surface area contributed by atoms with Crippen molar-refractivity contribution in [3.8, 4) is 0 Å². The van der Waals surface area contributed by atoms with Gasteiger partial charge in [-0.15, -0.1) is 0 Å². The Hall–Kier alpha value is -2.42. The van der Waals surface area contributed by atoms with Crippen LogP contribution in [0, 0.1) is 0 Å². The molecule has 186 valence electrons. The molecule has 1 atom stereocenters. The summed E-state index contributed by atoms with van der Waals surface area (Å²) in [6, 6.07) is 34.0. The number of unbranched alkanes of at least 4 members (excludes halogenated alkanes) is 7. The van der Waals surface area contributed by atoms with E-state index in [9.17, 15) is 0 Å². The maximum Gasteiger partial charge on any atom is 0.0973 e. The van der Waals surface area contributed by atoms with E-state index in [-0.39, 0.29) is 5.54 Å². The van der Waals surface area contributed by atoms with Crippen LogP contribution in [0.2, 0.25) is 0 Å². The molecule has 0 bridgehead atoms. The molecule has 2 heteroatoms. The fourth-order valence-corrected chi connectivity index (χ4v) is 5.93. The minimum absolute atomic E-state index is 0.288. The monoisotopic (exact) mass is 468 g/mol. The number of rotatable bonds is 13. The molecule has 3 aromatic carbocycles. The fraction of sp³-hybridized carbons (Fsp3) is 0.455. The van der Waals surface area contributed by atoms with Crippen molar-refractivity contribution in [3.05, 3.63) is 108 Å². The third-order valence-electron chi connectivity index (χ3n) is 7.71. The summed E-state index contributed by atoms with van der Waals surface area (Å²) in [7, 11) is 0. The van der Waals surface area contributed by atoms with Crippen LogP contribution >= 0.6 is 0 Å². The van der Waals surface area contributed by atoms with Crippen LogP contribution in [0.15, 0.2) is 91.0 Å². The van der Waals surface area contributed by atoms with Gasteiger partial charge in [-0.1, -0.05) is 149 Å². The maximum absolute atomic E-state index is 3.85. The van der Waals surface area contributed by atoms with Gasteiger partial charge in [0.25, 0.3) is 0 Å². The first-order valence-corrected chi connectivity index (χ1v) is 14.0. The molecule has 1 aliphatic heterocycles. The van der Waals surface area contributed by atoms with E-state index in [2.05, 4.69) is 108 Å². The molecule has 1 fully saturated rings. The zero-order valence-corrected chi connectivity index (χ0v) is 21.7. The van der Waals surface area contributed by atoms with Gasteiger partial charge in [0.2, 0.25) is 0 Å². The van der Waals surface area contributed by atoms with E-state index in [1.807, 2.05) is 0 Å². The summed E-state index contributed by atoms with van der Waals surface area (Å²) in [6.45, 7) is 5.43. The molecule has 35 heavy (non-hydrogen) atoms. The molecule has 1 unspecified atom stereocenters. The van der Waals surface area contributed by atoms with Crippen molar-refractivity contribution >= 4 is 0 Å². The van der Waals surface area contributed by atoms with Gasteiger partial charge in [0.1, 0.15) is 0 Å². The van der Waals surface area contributed by atoms with Crippen LogP contribution in [0.25, 0.3) is 0 Å². The van der Waals surface area contributed by atoms with Crippen LogP contribution in [0.3, 0.4) is 0 Å². The predicted molar refractivity (Wildman–Crippen MR) is 150 cm³/mol. The molecule has 1 heterocycles. The summed E-state index contributed by atoms with van der Waals surface area (Å²) >= 11 is 0. The summed E-state index contributed by atoms with van der Waals surface area (Å²) in [5.41, 5.74) is 3.77. The van der Waals surface area contributed by atoms with Crippen molar-refractivity contribution in [1.82, 2.24) is 10.2 Å². The van der Waals surface area contributed by atoms with E-state index in [0.29, 0.717) is 6.04 Å². The molecule has 1 saturated heterocycles. The Balaban J connectivity index is 1.54. The second-order valence-corrected chi connectivity index (χ2v) is 10.2. The van der Waals surface area contributed by atoms with Gasteiger partial charge in [0, 0.05) is 25.7 Å². The zero-order valence-electron chi connectivity index (χ0n) is 21.7. The molecule has 4 rings (SSSR count). The van der Waals surface area contributed by atoms with Crippen LogP contribution in [0.5, 0.6) is 0 Å². The lowest BCUT2D eigenvalue weighted by molar-refractivity contribution is 0.107.